The molecule has 1 fully saturated rings. The number of aromatic nitrogens is 4. The molecule has 5 rings (SSSR count). The van der Waals surface area contributed by atoms with Gasteiger partial charge in [-0.15, -0.1) is 0 Å². The van der Waals surface area contributed by atoms with Crippen LogP contribution in [-0.2, 0) is 20.4 Å². The van der Waals surface area contributed by atoms with Crippen molar-refractivity contribution in [3.63, 3.8) is 0 Å². The maximum absolute atomic E-state index is 13.9. The minimum absolute atomic E-state index is 0.0182. The molecule has 0 spiro atoms. The summed E-state index contributed by atoms with van der Waals surface area (Å²) in [6.45, 7) is 5.46. The second kappa shape index (κ2) is 15.1. The predicted octanol–water partition coefficient (Wildman–Crippen LogP) is 4.62. The van der Waals surface area contributed by atoms with E-state index in [9.17, 15) is 18.1 Å². The maximum Gasteiger partial charge on any atom is 0.469 e. The van der Waals surface area contributed by atoms with Crippen LogP contribution in [0.5, 0.6) is 11.5 Å². The first-order valence-corrected chi connectivity index (χ1v) is 16.5. The maximum atomic E-state index is 13.9. The van der Waals surface area contributed by atoms with Gasteiger partial charge in [0.15, 0.2) is 11.6 Å². The Hall–Kier alpha value is -4.21. The van der Waals surface area contributed by atoms with Gasteiger partial charge in [0.1, 0.15) is 18.0 Å². The van der Waals surface area contributed by atoms with Crippen LogP contribution in [0.25, 0.3) is 10.9 Å². The van der Waals surface area contributed by atoms with E-state index in [-0.39, 0.29) is 36.9 Å². The zero-order valence-corrected chi connectivity index (χ0v) is 26.7. The minimum Gasteiger partial charge on any atom is -0.493 e. The first kappa shape index (κ1) is 34.1. The average Bonchev–Trinajstić information content (AvgIpc) is 3.64. The largest absolute Gasteiger partial charge is 0.493 e. The van der Waals surface area contributed by atoms with Crippen LogP contribution < -0.4 is 20.1 Å². The van der Waals surface area contributed by atoms with E-state index in [0.29, 0.717) is 47.7 Å². The van der Waals surface area contributed by atoms with Gasteiger partial charge in [-0.2, -0.15) is 5.10 Å². The number of hydrogen-bond donors (Lipinski definition) is 4. The molecule has 17 heteroatoms. The molecule has 14 nitrogen and oxygen atoms in total. The summed E-state index contributed by atoms with van der Waals surface area (Å²) in [5.74, 6) is -1.43. The smallest absolute Gasteiger partial charge is 0.469 e. The summed E-state index contributed by atoms with van der Waals surface area (Å²) in [7, 11) is -4.51. The average molecular weight is 676 g/mol. The number of anilines is 3. The number of rotatable bonds is 15. The number of phosphoric acid groups is 1. The van der Waals surface area contributed by atoms with E-state index in [2.05, 4.69) is 30.6 Å². The Bertz CT molecular complexity index is 1750. The van der Waals surface area contributed by atoms with E-state index in [1.807, 2.05) is 13.8 Å². The lowest BCUT2D eigenvalue weighted by Gasteiger charge is -2.24. The molecule has 0 unspecified atom stereocenters. The van der Waals surface area contributed by atoms with Crippen molar-refractivity contribution in [2.75, 3.05) is 36.9 Å². The normalized spacial score (nSPS) is 15.3. The lowest BCUT2D eigenvalue weighted by atomic mass is 10.2. The molecule has 4 N–H and O–H groups in total. The van der Waals surface area contributed by atoms with Crippen molar-refractivity contribution in [1.29, 1.82) is 0 Å². The number of halogens is 2. The van der Waals surface area contributed by atoms with Gasteiger partial charge >= 0.3 is 7.82 Å². The number of phosphoric ester groups is 1. The molecule has 1 aliphatic heterocycles. The number of likely N-dealkylation sites (tertiary alicyclic amines) is 1. The van der Waals surface area contributed by atoms with Crippen molar-refractivity contribution in [3.05, 3.63) is 60.6 Å². The van der Waals surface area contributed by atoms with Gasteiger partial charge in [-0.1, -0.05) is 6.07 Å². The van der Waals surface area contributed by atoms with Crippen molar-refractivity contribution >= 4 is 42.0 Å². The molecule has 1 amide bonds. The number of fused-ring (bicyclic) bond motifs is 1. The van der Waals surface area contributed by atoms with Crippen LogP contribution in [0.15, 0.2) is 48.9 Å². The summed E-state index contributed by atoms with van der Waals surface area (Å²) >= 11 is 0. The molecule has 1 saturated heterocycles. The molecule has 1 atom stereocenters. The Morgan fingerprint density at radius 3 is 2.83 bits per heavy atom. The number of nitrogens with zero attached hydrogens (tertiary/aromatic N) is 5. The number of amides is 1. The van der Waals surface area contributed by atoms with E-state index in [1.54, 1.807) is 24.5 Å². The third kappa shape index (κ3) is 9.65. The number of ether oxygens (including phenoxy) is 2. The molecule has 252 valence electrons. The van der Waals surface area contributed by atoms with Crippen molar-refractivity contribution in [1.82, 2.24) is 24.6 Å². The summed E-state index contributed by atoms with van der Waals surface area (Å²) < 4.78 is 56.6. The molecule has 0 saturated carbocycles. The van der Waals surface area contributed by atoms with E-state index < -0.39 is 25.4 Å². The summed E-state index contributed by atoms with van der Waals surface area (Å²) in [5.41, 5.74) is 0.793. The van der Waals surface area contributed by atoms with Gasteiger partial charge in [0.05, 0.1) is 47.8 Å². The molecule has 2 aromatic carbocycles. The quantitative estimate of drug-likeness (QED) is 0.102. The van der Waals surface area contributed by atoms with E-state index in [4.69, 9.17) is 23.8 Å². The van der Waals surface area contributed by atoms with Gasteiger partial charge < -0.3 is 29.9 Å². The van der Waals surface area contributed by atoms with Crippen LogP contribution in [0.3, 0.4) is 0 Å². The van der Waals surface area contributed by atoms with Crippen LogP contribution in [0.4, 0.5) is 26.1 Å². The Morgan fingerprint density at radius 1 is 1.21 bits per heavy atom. The molecule has 3 heterocycles. The van der Waals surface area contributed by atoms with E-state index >= 15 is 0 Å². The lowest BCUT2D eigenvalue weighted by Crippen LogP contribution is -2.34. The molecule has 1 aliphatic rings. The molecular formula is C30H36F2N7O7P. The zero-order chi connectivity index (χ0) is 33.6. The molecule has 2 aromatic heterocycles. The van der Waals surface area contributed by atoms with Crippen molar-refractivity contribution in [2.45, 2.75) is 51.8 Å². The summed E-state index contributed by atoms with van der Waals surface area (Å²) in [6.07, 6.45) is 6.96. The van der Waals surface area contributed by atoms with Crippen LogP contribution in [0.2, 0.25) is 0 Å². The highest BCUT2D eigenvalue weighted by molar-refractivity contribution is 7.46. The Balaban J connectivity index is 1.21. The van der Waals surface area contributed by atoms with Crippen molar-refractivity contribution < 1.29 is 41.9 Å². The van der Waals surface area contributed by atoms with Gasteiger partial charge in [-0.05, 0) is 51.8 Å². The first-order chi connectivity index (χ1) is 22.4. The highest BCUT2D eigenvalue weighted by Crippen LogP contribution is 2.37. The summed E-state index contributed by atoms with van der Waals surface area (Å²) in [4.78, 5) is 41.6. The number of benzene rings is 2. The second-order valence-electron chi connectivity index (χ2n) is 11.2. The van der Waals surface area contributed by atoms with E-state index in [1.165, 1.54) is 23.0 Å². The standard InChI is InChI=1S/C30H36F2N7O7P/c1-19(2)46-27-13-22(44-11-5-10-38-9-4-6-21(38)18-45-47(41,42)43)12-26-23(27)15-33-30(37-26)35-20-14-34-39(16-20)17-28(40)36-25-8-3-7-24(31)29(25)32/h3,7-8,12-16,19,21H,4-6,9-11,17-18H2,1-2H3,(H,36,40)(H,33,35,37)(H2,41,42,43)/t21-/m1/s1. The van der Waals surface area contributed by atoms with Gasteiger partial charge in [-0.25, -0.2) is 23.3 Å². The van der Waals surface area contributed by atoms with Crippen LogP contribution in [0.1, 0.15) is 33.1 Å². The zero-order valence-electron chi connectivity index (χ0n) is 25.8. The van der Waals surface area contributed by atoms with Gasteiger partial charge in [0.2, 0.25) is 11.9 Å². The van der Waals surface area contributed by atoms with Gasteiger partial charge in [-0.3, -0.25) is 18.9 Å². The Labute approximate surface area is 269 Å². The third-order valence-electron chi connectivity index (χ3n) is 7.21. The fourth-order valence-electron chi connectivity index (χ4n) is 5.17. The highest BCUT2D eigenvalue weighted by Gasteiger charge is 2.27. The number of hydrogen-bond acceptors (Lipinski definition) is 10. The number of carbonyl (C=O) groups excluding carboxylic acids is 1. The number of nitrogens with one attached hydrogen (secondary N) is 2. The van der Waals surface area contributed by atoms with Gasteiger partial charge in [0.25, 0.3) is 0 Å². The first-order valence-electron chi connectivity index (χ1n) is 15.0. The minimum atomic E-state index is -4.51. The molecule has 4 aromatic rings. The summed E-state index contributed by atoms with van der Waals surface area (Å²) in [5, 5.41) is 10.2. The highest BCUT2D eigenvalue weighted by atomic mass is 31.2. The monoisotopic (exact) mass is 675 g/mol. The van der Waals surface area contributed by atoms with Crippen molar-refractivity contribution in [2.24, 2.45) is 0 Å². The third-order valence-corrected chi connectivity index (χ3v) is 7.70. The molecule has 0 bridgehead atoms. The fourth-order valence-corrected chi connectivity index (χ4v) is 5.54. The van der Waals surface area contributed by atoms with Gasteiger partial charge in [0, 0.05) is 37.1 Å². The Morgan fingerprint density at radius 2 is 2.04 bits per heavy atom. The van der Waals surface area contributed by atoms with Crippen LogP contribution in [0, 0.1) is 11.6 Å². The second-order valence-corrected chi connectivity index (χ2v) is 12.5. The topological polar surface area (TPSA) is 173 Å². The summed E-state index contributed by atoms with van der Waals surface area (Å²) in [6, 6.07) is 7.04. The molecular weight excluding hydrogens is 639 g/mol. The van der Waals surface area contributed by atoms with Crippen LogP contribution in [-0.4, -0.2) is 78.8 Å². The number of carbonyl (C=O) groups is 1. The molecule has 0 aliphatic carbocycles. The molecule has 47 heavy (non-hydrogen) atoms. The SMILES string of the molecule is CC(C)Oc1cc(OCCCN2CCC[C@@H]2COP(=O)(O)O)cc2nc(Nc3cnn(CC(=O)Nc4cccc(F)c4F)c3)ncc12. The predicted molar refractivity (Wildman–Crippen MR) is 169 cm³/mol. The lowest BCUT2D eigenvalue weighted by molar-refractivity contribution is -0.116. The van der Waals surface area contributed by atoms with E-state index in [0.717, 1.165) is 25.5 Å². The fraction of sp³-hybridized carbons (Fsp3) is 0.400. The molecule has 0 radical (unpaired) electrons. The van der Waals surface area contributed by atoms with Crippen LogP contribution >= 0.6 is 7.82 Å². The Kier molecular flexibility index (Phi) is 11.0. The van der Waals surface area contributed by atoms with Crippen molar-refractivity contribution in [3.8, 4) is 11.5 Å².